The minimum Gasteiger partial charge on any atom is -0.508 e. The Bertz CT molecular complexity index is 542. The fourth-order valence-corrected chi connectivity index (χ4v) is 2.72. The second-order valence-corrected chi connectivity index (χ2v) is 7.70. The maximum Gasteiger partial charge on any atom is 0.692 e. The van der Waals surface area contributed by atoms with Crippen LogP contribution in [0, 0.1) is 0 Å². The molecule has 13 heteroatoms. The van der Waals surface area contributed by atoms with Crippen molar-refractivity contribution in [1.82, 2.24) is 0 Å². The SMILES string of the molecule is O=P(O)(O)Cc1cc(O)cc(CP(=O)(O)O)c1.O=[P+](O)O. The first-order valence-corrected chi connectivity index (χ1v) is 9.80. The van der Waals surface area contributed by atoms with E-state index >= 15 is 0 Å². The van der Waals surface area contributed by atoms with Crippen LogP contribution in [0.2, 0.25) is 0 Å². The molecule has 0 fully saturated rings. The molecule has 0 aromatic heterocycles. The van der Waals surface area contributed by atoms with Gasteiger partial charge in [0, 0.05) is 4.57 Å². The monoisotopic (exact) mass is 363 g/mol. The topological polar surface area (TPSA) is 193 Å². The Morgan fingerprint density at radius 1 is 0.857 bits per heavy atom. The summed E-state index contributed by atoms with van der Waals surface area (Å²) in [6.45, 7) is 0. The lowest BCUT2D eigenvalue weighted by Gasteiger charge is -2.09. The summed E-state index contributed by atoms with van der Waals surface area (Å²) in [6, 6.07) is 3.53. The van der Waals surface area contributed by atoms with Crippen LogP contribution in [0.3, 0.4) is 0 Å². The first-order chi connectivity index (χ1) is 9.28. The molecule has 0 bridgehead atoms. The van der Waals surface area contributed by atoms with Gasteiger partial charge in [-0.15, -0.1) is 9.79 Å². The van der Waals surface area contributed by atoms with Crippen LogP contribution in [0.1, 0.15) is 11.1 Å². The molecule has 0 spiro atoms. The number of hydrogen-bond donors (Lipinski definition) is 7. The first-order valence-electron chi connectivity index (χ1n) is 5.04. The highest BCUT2D eigenvalue weighted by Crippen LogP contribution is 2.42. The molecule has 1 rings (SSSR count). The summed E-state index contributed by atoms with van der Waals surface area (Å²) in [5.74, 6) is -0.292. The van der Waals surface area contributed by atoms with Crippen molar-refractivity contribution < 1.29 is 48.2 Å². The average Bonchev–Trinajstić information content (AvgIpc) is 2.07. The summed E-state index contributed by atoms with van der Waals surface area (Å²) >= 11 is 0. The van der Waals surface area contributed by atoms with E-state index in [1.165, 1.54) is 6.07 Å². The van der Waals surface area contributed by atoms with Crippen molar-refractivity contribution in [3.63, 3.8) is 0 Å². The average molecular weight is 363 g/mol. The van der Waals surface area contributed by atoms with Gasteiger partial charge in [-0.3, -0.25) is 9.13 Å². The van der Waals surface area contributed by atoms with Gasteiger partial charge in [0.1, 0.15) is 5.75 Å². The Morgan fingerprint density at radius 3 is 1.38 bits per heavy atom. The lowest BCUT2D eigenvalue weighted by molar-refractivity contribution is 0.370. The van der Waals surface area contributed by atoms with Crippen LogP contribution < -0.4 is 0 Å². The number of phenols is 1. The maximum absolute atomic E-state index is 10.8. The van der Waals surface area contributed by atoms with Gasteiger partial charge in [0.05, 0.1) is 12.3 Å². The minimum absolute atomic E-state index is 0.127. The highest BCUT2D eigenvalue weighted by atomic mass is 31.2. The molecule has 7 N–H and O–H groups in total. The Balaban J connectivity index is 0.000000885. The molecular weight excluding hydrogens is 349 g/mol. The van der Waals surface area contributed by atoms with Gasteiger partial charge in [0.15, 0.2) is 0 Å². The van der Waals surface area contributed by atoms with Crippen LogP contribution in [-0.4, -0.2) is 34.5 Å². The molecule has 21 heavy (non-hydrogen) atoms. The maximum atomic E-state index is 10.8. The normalized spacial score (nSPS) is 11.5. The Hall–Kier alpha value is -0.660. The molecule has 1 aromatic carbocycles. The van der Waals surface area contributed by atoms with E-state index < -0.39 is 35.8 Å². The predicted octanol–water partition coefficient (Wildman–Crippen LogP) is 0.376. The van der Waals surface area contributed by atoms with Crippen molar-refractivity contribution in [3.05, 3.63) is 29.3 Å². The molecule has 10 nitrogen and oxygen atoms in total. The minimum atomic E-state index is -4.28. The fraction of sp³-hybridized carbons (Fsp3) is 0.250. The zero-order valence-corrected chi connectivity index (χ0v) is 13.0. The van der Waals surface area contributed by atoms with Gasteiger partial charge in [-0.1, -0.05) is 6.07 Å². The van der Waals surface area contributed by atoms with Gasteiger partial charge >= 0.3 is 23.4 Å². The Morgan fingerprint density at radius 2 is 1.14 bits per heavy atom. The van der Waals surface area contributed by atoms with E-state index in [1.54, 1.807) is 0 Å². The van der Waals surface area contributed by atoms with E-state index in [4.69, 9.17) is 33.9 Å². The molecular formula is C8H14O10P3+. The van der Waals surface area contributed by atoms with Crippen LogP contribution in [0.5, 0.6) is 5.75 Å². The van der Waals surface area contributed by atoms with Gasteiger partial charge in [0.2, 0.25) is 0 Å². The second-order valence-electron chi connectivity index (χ2n) is 3.91. The van der Waals surface area contributed by atoms with Gasteiger partial charge < -0.3 is 24.7 Å². The third-order valence-electron chi connectivity index (χ3n) is 1.81. The third kappa shape index (κ3) is 12.8. The van der Waals surface area contributed by atoms with Crippen molar-refractivity contribution in [2.24, 2.45) is 0 Å². The number of rotatable bonds is 4. The van der Waals surface area contributed by atoms with Crippen molar-refractivity contribution in [3.8, 4) is 5.75 Å². The molecule has 0 amide bonds. The lowest BCUT2D eigenvalue weighted by atomic mass is 10.1. The van der Waals surface area contributed by atoms with Crippen LogP contribution in [0.25, 0.3) is 0 Å². The van der Waals surface area contributed by atoms with Crippen molar-refractivity contribution in [2.45, 2.75) is 12.3 Å². The molecule has 0 heterocycles. The zero-order valence-electron chi connectivity index (χ0n) is 10.3. The first kappa shape index (κ1) is 20.3. The smallest absolute Gasteiger partial charge is 0.508 e. The van der Waals surface area contributed by atoms with Crippen molar-refractivity contribution in [1.29, 1.82) is 0 Å². The standard InChI is InChI=1S/C8H12O7P2.HO3P/c9-8-2-6(4-16(10,11)12)1-7(3-8)5-17(13,14)15;1-4(2)3/h1-3,9H,4-5H2,(H2,10,11,12)(H2,13,14,15);(H-,1,2,3)/p+1. The largest absolute Gasteiger partial charge is 0.692 e. The molecule has 0 aliphatic rings. The van der Waals surface area contributed by atoms with Crippen LogP contribution in [0.15, 0.2) is 18.2 Å². The van der Waals surface area contributed by atoms with E-state index in [-0.39, 0.29) is 16.9 Å². The summed E-state index contributed by atoms with van der Waals surface area (Å²) in [7, 11) is -11.4. The van der Waals surface area contributed by atoms with Crippen molar-refractivity contribution in [2.75, 3.05) is 0 Å². The van der Waals surface area contributed by atoms with Crippen LogP contribution in [0.4, 0.5) is 0 Å². The highest BCUT2D eigenvalue weighted by Gasteiger charge is 2.18. The quantitative estimate of drug-likeness (QED) is 0.368. The van der Waals surface area contributed by atoms with Gasteiger partial charge in [-0.25, -0.2) is 0 Å². The number of phenolic OH excluding ortho intramolecular Hbond substituents is 1. The van der Waals surface area contributed by atoms with Crippen LogP contribution in [-0.2, 0) is 26.0 Å². The molecule has 0 aliphatic carbocycles. The summed E-state index contributed by atoms with van der Waals surface area (Å²) in [5.41, 5.74) is 0.253. The summed E-state index contributed by atoms with van der Waals surface area (Å²) < 4.78 is 30.2. The molecule has 0 radical (unpaired) electrons. The number of benzene rings is 1. The van der Waals surface area contributed by atoms with Gasteiger partial charge in [-0.2, -0.15) is 0 Å². The summed E-state index contributed by atoms with van der Waals surface area (Å²) in [5, 5.41) is 9.28. The zero-order chi connectivity index (χ0) is 16.8. The highest BCUT2D eigenvalue weighted by molar-refractivity contribution is 7.51. The van der Waals surface area contributed by atoms with Crippen molar-refractivity contribution >= 4 is 23.4 Å². The number of hydrogen-bond acceptors (Lipinski definition) is 4. The van der Waals surface area contributed by atoms with E-state index in [1.807, 2.05) is 0 Å². The third-order valence-corrected chi connectivity index (χ3v) is 3.37. The Kier molecular flexibility index (Phi) is 7.84. The summed E-state index contributed by atoms with van der Waals surface area (Å²) in [4.78, 5) is 49.3. The van der Waals surface area contributed by atoms with Gasteiger partial charge in [0.25, 0.3) is 0 Å². The molecule has 0 unspecified atom stereocenters. The molecule has 0 saturated carbocycles. The molecule has 1 aromatic rings. The molecule has 0 saturated heterocycles. The van der Waals surface area contributed by atoms with Crippen LogP contribution >= 0.6 is 23.4 Å². The van der Waals surface area contributed by atoms with E-state index in [9.17, 15) is 14.2 Å². The lowest BCUT2D eigenvalue weighted by Crippen LogP contribution is -1.92. The molecule has 120 valence electrons. The number of aromatic hydroxyl groups is 1. The second kappa shape index (κ2) is 8.10. The van der Waals surface area contributed by atoms with Gasteiger partial charge in [-0.05, 0) is 23.3 Å². The van der Waals surface area contributed by atoms with E-state index in [0.717, 1.165) is 12.1 Å². The fourth-order valence-electron chi connectivity index (χ4n) is 1.40. The Labute approximate surface area is 120 Å². The molecule has 0 aliphatic heterocycles. The van der Waals surface area contributed by atoms with E-state index in [0.29, 0.717) is 0 Å². The molecule has 0 atom stereocenters. The summed E-state index contributed by atoms with van der Waals surface area (Å²) in [6.07, 6.45) is -1.18. The predicted molar refractivity (Wildman–Crippen MR) is 71.6 cm³/mol. The van der Waals surface area contributed by atoms with E-state index in [2.05, 4.69) is 0 Å².